The van der Waals surface area contributed by atoms with Crippen LogP contribution in [0.15, 0.2) is 10.4 Å². The largest absolute Gasteiger partial charge is 0.357 e. The number of likely N-dealkylation sites (tertiary alicyclic amines) is 1. The zero-order valence-corrected chi connectivity index (χ0v) is 17.6. The van der Waals surface area contributed by atoms with Gasteiger partial charge in [-0.25, -0.2) is 4.98 Å². The minimum Gasteiger partial charge on any atom is -0.357 e. The van der Waals surface area contributed by atoms with Crippen LogP contribution in [0.4, 0.5) is 0 Å². The van der Waals surface area contributed by atoms with Gasteiger partial charge in [-0.2, -0.15) is 0 Å². The summed E-state index contributed by atoms with van der Waals surface area (Å²) in [4.78, 5) is 11.7. The SMILES string of the molecule is CCNC(=NCC1CCN(CC)C1)NCCc1csc(C)n1.I. The van der Waals surface area contributed by atoms with Crippen molar-refractivity contribution < 1.29 is 0 Å². The number of nitrogens with zero attached hydrogens (tertiary/aromatic N) is 3. The fraction of sp³-hybridized carbons (Fsp3) is 0.750. The molecule has 0 saturated carbocycles. The van der Waals surface area contributed by atoms with Gasteiger partial charge >= 0.3 is 0 Å². The van der Waals surface area contributed by atoms with Crippen LogP contribution < -0.4 is 10.6 Å². The Morgan fingerprint density at radius 3 is 2.87 bits per heavy atom. The second-order valence-electron chi connectivity index (χ2n) is 5.80. The summed E-state index contributed by atoms with van der Waals surface area (Å²) in [5.41, 5.74) is 1.17. The van der Waals surface area contributed by atoms with Gasteiger partial charge in [0, 0.05) is 38.0 Å². The van der Waals surface area contributed by atoms with E-state index in [0.29, 0.717) is 5.92 Å². The van der Waals surface area contributed by atoms with Gasteiger partial charge in [0.15, 0.2) is 5.96 Å². The maximum absolute atomic E-state index is 4.75. The lowest BCUT2D eigenvalue weighted by Gasteiger charge is -2.14. The van der Waals surface area contributed by atoms with Gasteiger partial charge in [0.1, 0.15) is 0 Å². The van der Waals surface area contributed by atoms with Crippen molar-refractivity contribution in [1.82, 2.24) is 20.5 Å². The Morgan fingerprint density at radius 2 is 2.26 bits per heavy atom. The number of guanidine groups is 1. The highest BCUT2D eigenvalue weighted by Crippen LogP contribution is 2.15. The molecule has 1 unspecified atom stereocenters. The van der Waals surface area contributed by atoms with Gasteiger partial charge in [-0.15, -0.1) is 35.3 Å². The third-order valence-corrected chi connectivity index (χ3v) is 4.83. The van der Waals surface area contributed by atoms with Gasteiger partial charge in [-0.1, -0.05) is 6.92 Å². The number of thiazole rings is 1. The minimum atomic E-state index is 0. The third-order valence-electron chi connectivity index (χ3n) is 4.01. The molecule has 2 N–H and O–H groups in total. The van der Waals surface area contributed by atoms with Crippen molar-refractivity contribution in [1.29, 1.82) is 0 Å². The average Bonchev–Trinajstić information content (AvgIpc) is 3.13. The van der Waals surface area contributed by atoms with E-state index in [1.54, 1.807) is 11.3 Å². The predicted octanol–water partition coefficient (Wildman–Crippen LogP) is 2.51. The van der Waals surface area contributed by atoms with Crippen molar-refractivity contribution in [2.24, 2.45) is 10.9 Å². The lowest BCUT2D eigenvalue weighted by molar-refractivity contribution is 0.343. The highest BCUT2D eigenvalue weighted by atomic mass is 127. The van der Waals surface area contributed by atoms with Gasteiger partial charge in [0.05, 0.1) is 10.7 Å². The standard InChI is InChI=1S/C16H29N5S.HI/c1-4-17-16(18-8-6-15-12-22-13(3)20-15)19-10-14-7-9-21(5-2)11-14;/h12,14H,4-11H2,1-3H3,(H2,17,18,19);1H. The molecule has 1 aromatic heterocycles. The van der Waals surface area contributed by atoms with Crippen LogP contribution in [0, 0.1) is 12.8 Å². The Bertz CT molecular complexity index is 477. The van der Waals surface area contributed by atoms with Crippen molar-refractivity contribution in [3.63, 3.8) is 0 Å². The normalized spacial score (nSPS) is 18.7. The Labute approximate surface area is 161 Å². The number of nitrogens with one attached hydrogen (secondary N) is 2. The number of rotatable bonds is 7. The van der Waals surface area contributed by atoms with Gasteiger partial charge in [0.2, 0.25) is 0 Å². The lowest BCUT2D eigenvalue weighted by Crippen LogP contribution is -2.38. The van der Waals surface area contributed by atoms with Crippen molar-refractivity contribution >= 4 is 41.3 Å². The second kappa shape index (κ2) is 11.2. The highest BCUT2D eigenvalue weighted by Gasteiger charge is 2.20. The monoisotopic (exact) mass is 451 g/mol. The molecule has 1 fully saturated rings. The molecule has 5 nitrogen and oxygen atoms in total. The number of hydrogen-bond donors (Lipinski definition) is 2. The molecule has 132 valence electrons. The first-order valence-corrected chi connectivity index (χ1v) is 9.24. The van der Waals surface area contributed by atoms with E-state index in [4.69, 9.17) is 4.99 Å². The number of aliphatic imine (C=N–C) groups is 1. The minimum absolute atomic E-state index is 0. The number of aromatic nitrogens is 1. The van der Waals surface area contributed by atoms with E-state index in [1.165, 1.54) is 25.2 Å². The topological polar surface area (TPSA) is 52.6 Å². The quantitative estimate of drug-likeness (QED) is 0.380. The molecule has 2 rings (SSSR count). The summed E-state index contributed by atoms with van der Waals surface area (Å²) < 4.78 is 0. The fourth-order valence-electron chi connectivity index (χ4n) is 2.74. The van der Waals surface area contributed by atoms with Crippen LogP contribution >= 0.6 is 35.3 Å². The average molecular weight is 451 g/mol. The number of hydrogen-bond acceptors (Lipinski definition) is 4. The molecule has 1 saturated heterocycles. The molecule has 7 heteroatoms. The summed E-state index contributed by atoms with van der Waals surface area (Å²) in [6.45, 7) is 12.7. The Kier molecular flexibility index (Phi) is 10.0. The van der Waals surface area contributed by atoms with E-state index >= 15 is 0 Å². The van der Waals surface area contributed by atoms with E-state index in [2.05, 4.69) is 39.7 Å². The first-order chi connectivity index (χ1) is 10.7. The smallest absolute Gasteiger partial charge is 0.191 e. The van der Waals surface area contributed by atoms with E-state index in [1.807, 2.05) is 6.92 Å². The molecular formula is C16H30IN5S. The second-order valence-corrected chi connectivity index (χ2v) is 6.86. The number of aryl methyl sites for hydroxylation is 1. The third kappa shape index (κ3) is 7.34. The van der Waals surface area contributed by atoms with E-state index in [-0.39, 0.29) is 24.0 Å². The molecule has 0 aromatic carbocycles. The molecule has 0 bridgehead atoms. The summed E-state index contributed by atoms with van der Waals surface area (Å²) in [5.74, 6) is 1.64. The zero-order chi connectivity index (χ0) is 15.8. The molecule has 0 aliphatic carbocycles. The molecule has 2 heterocycles. The van der Waals surface area contributed by atoms with Crippen molar-refractivity contribution in [2.45, 2.75) is 33.6 Å². The highest BCUT2D eigenvalue weighted by molar-refractivity contribution is 14.0. The molecule has 1 aliphatic heterocycles. The van der Waals surface area contributed by atoms with Crippen LogP contribution in [-0.2, 0) is 6.42 Å². The van der Waals surface area contributed by atoms with Gasteiger partial charge in [-0.3, -0.25) is 4.99 Å². The fourth-order valence-corrected chi connectivity index (χ4v) is 3.39. The Hall–Kier alpha value is -0.410. The molecular weight excluding hydrogens is 421 g/mol. The predicted molar refractivity (Wildman–Crippen MR) is 110 cm³/mol. The molecule has 23 heavy (non-hydrogen) atoms. The molecule has 1 aliphatic rings. The van der Waals surface area contributed by atoms with E-state index in [0.717, 1.165) is 43.6 Å². The van der Waals surface area contributed by atoms with Crippen LogP contribution in [0.1, 0.15) is 31.0 Å². The summed E-state index contributed by atoms with van der Waals surface area (Å²) >= 11 is 1.71. The van der Waals surface area contributed by atoms with E-state index in [9.17, 15) is 0 Å². The van der Waals surface area contributed by atoms with Crippen LogP contribution in [0.2, 0.25) is 0 Å². The molecule has 1 aromatic rings. The van der Waals surface area contributed by atoms with Gasteiger partial charge < -0.3 is 15.5 Å². The maximum Gasteiger partial charge on any atom is 0.191 e. The van der Waals surface area contributed by atoms with Crippen LogP contribution in [0.25, 0.3) is 0 Å². The summed E-state index contributed by atoms with van der Waals surface area (Å²) in [7, 11) is 0. The van der Waals surface area contributed by atoms with Crippen LogP contribution in [0.5, 0.6) is 0 Å². The first kappa shape index (κ1) is 20.6. The summed E-state index contributed by atoms with van der Waals surface area (Å²) in [6, 6.07) is 0. The van der Waals surface area contributed by atoms with Crippen molar-refractivity contribution in [2.75, 3.05) is 39.3 Å². The van der Waals surface area contributed by atoms with Crippen molar-refractivity contribution in [3.8, 4) is 0 Å². The molecule has 0 spiro atoms. The zero-order valence-electron chi connectivity index (χ0n) is 14.5. The first-order valence-electron chi connectivity index (χ1n) is 8.36. The summed E-state index contributed by atoms with van der Waals surface area (Å²) in [6.07, 6.45) is 2.22. The van der Waals surface area contributed by atoms with Gasteiger partial charge in [-0.05, 0) is 39.3 Å². The van der Waals surface area contributed by atoms with Crippen LogP contribution in [0.3, 0.4) is 0 Å². The summed E-state index contributed by atoms with van der Waals surface area (Å²) in [5, 5.41) is 10.0. The van der Waals surface area contributed by atoms with Crippen LogP contribution in [-0.4, -0.2) is 55.1 Å². The molecule has 0 amide bonds. The van der Waals surface area contributed by atoms with Gasteiger partial charge in [0.25, 0.3) is 0 Å². The molecule has 1 atom stereocenters. The molecule has 0 radical (unpaired) electrons. The maximum atomic E-state index is 4.75. The van der Waals surface area contributed by atoms with E-state index < -0.39 is 0 Å². The number of halogens is 1. The van der Waals surface area contributed by atoms with Crippen molar-refractivity contribution in [3.05, 3.63) is 16.1 Å². The Balaban J connectivity index is 0.00000264. The Morgan fingerprint density at radius 1 is 1.43 bits per heavy atom. The lowest BCUT2D eigenvalue weighted by atomic mass is 10.1.